The summed E-state index contributed by atoms with van der Waals surface area (Å²) >= 11 is 0. The molecule has 0 radical (unpaired) electrons. The van der Waals surface area contributed by atoms with Crippen LogP contribution in [0.2, 0.25) is 0 Å². The van der Waals surface area contributed by atoms with E-state index in [9.17, 15) is 10.1 Å². The van der Waals surface area contributed by atoms with Crippen molar-refractivity contribution in [3.63, 3.8) is 0 Å². The molecule has 0 spiro atoms. The molecule has 92 valence electrons. The number of nitro groups is 1. The maximum atomic E-state index is 10.9. The smallest absolute Gasteiger partial charge is 0.276 e. The molecular formula is C12H11N3O3. The quantitative estimate of drug-likeness (QED) is 0.613. The van der Waals surface area contributed by atoms with E-state index < -0.39 is 4.92 Å². The van der Waals surface area contributed by atoms with Gasteiger partial charge in [-0.25, -0.2) is 0 Å². The maximum Gasteiger partial charge on any atom is 0.276 e. The number of hydrogen-bond acceptors (Lipinski definition) is 5. The SMILES string of the molecule is Cc1cnc(-c2cc(C3CC3)on2)cc1[N+](=O)[O-]. The minimum absolute atomic E-state index is 0.0518. The third-order valence-corrected chi connectivity index (χ3v) is 3.04. The zero-order valence-electron chi connectivity index (χ0n) is 9.79. The molecule has 6 nitrogen and oxygen atoms in total. The molecule has 2 aromatic heterocycles. The van der Waals surface area contributed by atoms with Crippen molar-refractivity contribution in [3.05, 3.63) is 39.8 Å². The standard InChI is InChI=1S/C12H11N3O3/c1-7-6-13-9(4-11(7)15(16)17)10-5-12(18-14-10)8-2-3-8/h4-6,8H,2-3H2,1H3. The lowest BCUT2D eigenvalue weighted by Gasteiger charge is -1.98. The van der Waals surface area contributed by atoms with Gasteiger partial charge < -0.3 is 4.52 Å². The molecule has 18 heavy (non-hydrogen) atoms. The van der Waals surface area contributed by atoms with Crippen molar-refractivity contribution in [2.24, 2.45) is 0 Å². The van der Waals surface area contributed by atoms with Gasteiger partial charge in [-0.3, -0.25) is 15.1 Å². The first-order valence-electron chi connectivity index (χ1n) is 5.73. The molecule has 1 aliphatic rings. The molecular weight excluding hydrogens is 234 g/mol. The van der Waals surface area contributed by atoms with Crippen LogP contribution >= 0.6 is 0 Å². The van der Waals surface area contributed by atoms with Gasteiger partial charge in [-0.1, -0.05) is 5.16 Å². The van der Waals surface area contributed by atoms with E-state index in [1.807, 2.05) is 6.07 Å². The fourth-order valence-corrected chi connectivity index (χ4v) is 1.82. The van der Waals surface area contributed by atoms with Crippen molar-refractivity contribution in [2.75, 3.05) is 0 Å². The third-order valence-electron chi connectivity index (χ3n) is 3.04. The number of aromatic nitrogens is 2. The Morgan fingerprint density at radius 1 is 1.39 bits per heavy atom. The van der Waals surface area contributed by atoms with Crippen LogP contribution in [0.25, 0.3) is 11.4 Å². The van der Waals surface area contributed by atoms with E-state index in [-0.39, 0.29) is 5.69 Å². The predicted octanol–water partition coefficient (Wildman–Crippen LogP) is 2.83. The Kier molecular flexibility index (Phi) is 2.36. The molecule has 0 unspecified atom stereocenters. The minimum atomic E-state index is -0.414. The van der Waals surface area contributed by atoms with Crippen LogP contribution in [0.1, 0.15) is 30.1 Å². The second-order valence-electron chi connectivity index (χ2n) is 4.50. The minimum Gasteiger partial charge on any atom is -0.360 e. The first-order valence-corrected chi connectivity index (χ1v) is 5.73. The summed E-state index contributed by atoms with van der Waals surface area (Å²) in [5.41, 5.74) is 1.62. The number of aryl methyl sites for hydroxylation is 1. The Hall–Kier alpha value is -2.24. The Morgan fingerprint density at radius 2 is 2.17 bits per heavy atom. The highest BCUT2D eigenvalue weighted by Gasteiger charge is 2.28. The largest absolute Gasteiger partial charge is 0.360 e. The zero-order valence-corrected chi connectivity index (χ0v) is 9.79. The summed E-state index contributed by atoms with van der Waals surface area (Å²) in [6.07, 6.45) is 3.73. The average Bonchev–Trinajstić information content (AvgIpc) is 3.08. The maximum absolute atomic E-state index is 10.9. The lowest BCUT2D eigenvalue weighted by Crippen LogP contribution is -1.94. The van der Waals surface area contributed by atoms with Gasteiger partial charge in [-0.2, -0.15) is 0 Å². The summed E-state index contributed by atoms with van der Waals surface area (Å²) in [5, 5.41) is 14.8. The molecule has 1 aliphatic carbocycles. The van der Waals surface area contributed by atoms with Gasteiger partial charge in [0.15, 0.2) is 0 Å². The van der Waals surface area contributed by atoms with Gasteiger partial charge in [-0.05, 0) is 19.8 Å². The lowest BCUT2D eigenvalue weighted by molar-refractivity contribution is -0.385. The monoisotopic (exact) mass is 245 g/mol. The first-order chi connectivity index (χ1) is 8.65. The highest BCUT2D eigenvalue weighted by molar-refractivity contribution is 5.59. The van der Waals surface area contributed by atoms with Crippen molar-refractivity contribution < 1.29 is 9.45 Å². The molecule has 1 saturated carbocycles. The van der Waals surface area contributed by atoms with Gasteiger partial charge >= 0.3 is 0 Å². The van der Waals surface area contributed by atoms with E-state index >= 15 is 0 Å². The van der Waals surface area contributed by atoms with E-state index in [4.69, 9.17) is 4.52 Å². The molecule has 0 atom stereocenters. The predicted molar refractivity (Wildman–Crippen MR) is 63.1 cm³/mol. The van der Waals surface area contributed by atoms with Gasteiger partial charge in [0.2, 0.25) is 0 Å². The first kappa shape index (κ1) is 10.9. The number of hydrogen-bond donors (Lipinski definition) is 0. The Balaban J connectivity index is 1.99. The fourth-order valence-electron chi connectivity index (χ4n) is 1.82. The summed E-state index contributed by atoms with van der Waals surface area (Å²) in [7, 11) is 0. The summed E-state index contributed by atoms with van der Waals surface area (Å²) < 4.78 is 5.21. The van der Waals surface area contributed by atoms with Gasteiger partial charge in [0, 0.05) is 29.8 Å². The van der Waals surface area contributed by atoms with Crippen molar-refractivity contribution in [2.45, 2.75) is 25.7 Å². The molecule has 2 heterocycles. The van der Waals surface area contributed by atoms with Crippen LogP contribution in [-0.4, -0.2) is 15.1 Å². The molecule has 0 N–H and O–H groups in total. The summed E-state index contributed by atoms with van der Waals surface area (Å²) in [6.45, 7) is 1.66. The van der Waals surface area contributed by atoms with Crippen LogP contribution in [0.3, 0.4) is 0 Å². The Bertz CT molecular complexity index is 617. The highest BCUT2D eigenvalue weighted by atomic mass is 16.6. The van der Waals surface area contributed by atoms with E-state index in [2.05, 4.69) is 10.1 Å². The van der Waals surface area contributed by atoms with Gasteiger partial charge in [0.1, 0.15) is 11.5 Å². The third kappa shape index (κ3) is 1.85. The van der Waals surface area contributed by atoms with Crippen LogP contribution in [0.4, 0.5) is 5.69 Å². The van der Waals surface area contributed by atoms with Gasteiger partial charge in [0.25, 0.3) is 5.69 Å². The number of rotatable bonds is 3. The second kappa shape index (κ2) is 3.90. The van der Waals surface area contributed by atoms with Gasteiger partial charge in [-0.15, -0.1) is 0 Å². The normalized spacial score (nSPS) is 14.7. The van der Waals surface area contributed by atoms with Crippen molar-refractivity contribution in [1.29, 1.82) is 0 Å². The molecule has 0 bridgehead atoms. The Labute approximate surface area is 103 Å². The van der Waals surface area contributed by atoms with Crippen LogP contribution in [-0.2, 0) is 0 Å². The molecule has 3 rings (SSSR count). The Morgan fingerprint density at radius 3 is 2.83 bits per heavy atom. The van der Waals surface area contributed by atoms with Crippen LogP contribution < -0.4 is 0 Å². The van der Waals surface area contributed by atoms with Crippen molar-refractivity contribution in [3.8, 4) is 11.4 Å². The molecule has 1 fully saturated rings. The van der Waals surface area contributed by atoms with Crippen LogP contribution in [0, 0.1) is 17.0 Å². The molecule has 0 amide bonds. The van der Waals surface area contributed by atoms with Crippen molar-refractivity contribution >= 4 is 5.69 Å². The van der Waals surface area contributed by atoms with E-state index in [1.165, 1.54) is 12.3 Å². The molecule has 6 heteroatoms. The molecule has 0 saturated heterocycles. The number of pyridine rings is 1. The summed E-state index contributed by atoms with van der Waals surface area (Å²) in [6, 6.07) is 3.25. The lowest BCUT2D eigenvalue weighted by atomic mass is 10.2. The van der Waals surface area contributed by atoms with E-state index in [1.54, 1.807) is 6.92 Å². The van der Waals surface area contributed by atoms with Crippen LogP contribution in [0.5, 0.6) is 0 Å². The highest BCUT2D eigenvalue weighted by Crippen LogP contribution is 2.41. The van der Waals surface area contributed by atoms with E-state index in [0.717, 1.165) is 18.6 Å². The fraction of sp³-hybridized carbons (Fsp3) is 0.333. The zero-order chi connectivity index (χ0) is 12.7. The van der Waals surface area contributed by atoms with Crippen molar-refractivity contribution in [1.82, 2.24) is 10.1 Å². The molecule has 0 aromatic carbocycles. The summed E-state index contributed by atoms with van der Waals surface area (Å²) in [4.78, 5) is 14.6. The molecule has 0 aliphatic heterocycles. The topological polar surface area (TPSA) is 82.1 Å². The van der Waals surface area contributed by atoms with Crippen LogP contribution in [0.15, 0.2) is 22.9 Å². The summed E-state index contributed by atoms with van der Waals surface area (Å²) in [5.74, 6) is 1.31. The van der Waals surface area contributed by atoms with Gasteiger partial charge in [0.05, 0.1) is 10.6 Å². The average molecular weight is 245 g/mol. The number of nitrogens with zero attached hydrogens (tertiary/aromatic N) is 3. The second-order valence-corrected chi connectivity index (χ2v) is 4.50. The molecule has 2 aromatic rings. The van der Waals surface area contributed by atoms with E-state index in [0.29, 0.717) is 22.9 Å².